The molecule has 0 bridgehead atoms. The molecule has 0 saturated heterocycles. The average Bonchev–Trinajstić information content (AvgIpc) is 3.21. The molecule has 0 aliphatic carbocycles. The second-order valence-corrected chi connectivity index (χ2v) is 7.79. The number of nitrogens with zero attached hydrogens (tertiary/aromatic N) is 2. The number of carbonyl (C=O) groups excluding carboxylic acids is 1. The summed E-state index contributed by atoms with van der Waals surface area (Å²) in [6.45, 7) is 0. The van der Waals surface area contributed by atoms with Gasteiger partial charge in [0.15, 0.2) is 5.13 Å². The van der Waals surface area contributed by atoms with E-state index < -0.39 is 0 Å². The fourth-order valence-corrected chi connectivity index (χ4v) is 4.14. The number of nitrogens with one attached hydrogen (secondary N) is 1. The molecule has 7 heteroatoms. The molecule has 1 amide bonds. The Morgan fingerprint density at radius 2 is 1.83 bits per heavy atom. The number of fused-ring (bicyclic) bond motifs is 1. The quantitative estimate of drug-likeness (QED) is 0.484. The zero-order valence-corrected chi connectivity index (χ0v) is 15.4. The summed E-state index contributed by atoms with van der Waals surface area (Å²) in [6.07, 6.45) is 0. The summed E-state index contributed by atoms with van der Waals surface area (Å²) in [5.74, 6) is -0.173. The van der Waals surface area contributed by atoms with Gasteiger partial charge in [-0.25, -0.2) is 9.97 Å². The second-order valence-electron chi connectivity index (χ2n) is 4.99. The van der Waals surface area contributed by atoms with Crippen molar-refractivity contribution in [1.29, 1.82) is 0 Å². The van der Waals surface area contributed by atoms with Crippen molar-refractivity contribution in [3.63, 3.8) is 0 Å². The monoisotopic (exact) mass is 415 g/mol. The van der Waals surface area contributed by atoms with Gasteiger partial charge in [0.25, 0.3) is 5.91 Å². The molecule has 2 aromatic heterocycles. The Balaban J connectivity index is 1.56. The molecule has 0 radical (unpaired) electrons. The number of hydrogen-bond acceptors (Lipinski definition) is 5. The highest BCUT2D eigenvalue weighted by molar-refractivity contribution is 9.10. The predicted octanol–water partition coefficient (Wildman–Crippen LogP) is 5.43. The molecule has 4 rings (SSSR count). The van der Waals surface area contributed by atoms with Gasteiger partial charge in [0.05, 0.1) is 10.2 Å². The van der Waals surface area contributed by atoms with Crippen LogP contribution in [0.4, 0.5) is 5.13 Å². The summed E-state index contributed by atoms with van der Waals surface area (Å²) in [5, 5.41) is 6.17. The van der Waals surface area contributed by atoms with Crippen LogP contribution >= 0.6 is 38.6 Å². The molecule has 0 saturated carbocycles. The lowest BCUT2D eigenvalue weighted by molar-refractivity contribution is 0.102. The third-order valence-corrected chi connectivity index (χ3v) is 5.69. The van der Waals surface area contributed by atoms with E-state index in [2.05, 4.69) is 31.2 Å². The van der Waals surface area contributed by atoms with Crippen LogP contribution in [-0.4, -0.2) is 15.9 Å². The van der Waals surface area contributed by atoms with Crippen LogP contribution in [0.3, 0.4) is 0 Å². The van der Waals surface area contributed by atoms with E-state index in [1.165, 1.54) is 11.3 Å². The molecule has 4 aromatic rings. The van der Waals surface area contributed by atoms with Crippen molar-refractivity contribution in [3.05, 3.63) is 63.9 Å². The van der Waals surface area contributed by atoms with E-state index in [4.69, 9.17) is 0 Å². The van der Waals surface area contributed by atoms with E-state index in [1.54, 1.807) is 23.5 Å². The highest BCUT2D eigenvalue weighted by Crippen LogP contribution is 2.32. The number of halogens is 1. The zero-order chi connectivity index (χ0) is 16.5. The molecule has 0 spiro atoms. The normalized spacial score (nSPS) is 10.9. The number of benzene rings is 2. The lowest BCUT2D eigenvalue weighted by Crippen LogP contribution is -2.11. The fraction of sp³-hybridized carbons (Fsp3) is 0. The van der Waals surface area contributed by atoms with Crippen molar-refractivity contribution in [2.75, 3.05) is 5.32 Å². The number of rotatable bonds is 3. The number of amides is 1. The maximum atomic E-state index is 12.2. The van der Waals surface area contributed by atoms with Crippen molar-refractivity contribution in [2.24, 2.45) is 0 Å². The van der Waals surface area contributed by atoms with Gasteiger partial charge in [-0.3, -0.25) is 10.1 Å². The van der Waals surface area contributed by atoms with Crippen LogP contribution in [0.1, 0.15) is 10.4 Å². The Morgan fingerprint density at radius 1 is 1.04 bits per heavy atom. The summed E-state index contributed by atoms with van der Waals surface area (Å²) in [6, 6.07) is 15.2. The van der Waals surface area contributed by atoms with Crippen molar-refractivity contribution in [3.8, 4) is 10.7 Å². The first-order valence-electron chi connectivity index (χ1n) is 7.07. The molecule has 0 aliphatic rings. The molecule has 0 atom stereocenters. The van der Waals surface area contributed by atoms with E-state index in [0.29, 0.717) is 10.7 Å². The molecule has 1 N–H and O–H groups in total. The van der Waals surface area contributed by atoms with Crippen molar-refractivity contribution >= 4 is 59.9 Å². The first-order chi connectivity index (χ1) is 11.7. The van der Waals surface area contributed by atoms with Gasteiger partial charge in [0.2, 0.25) is 0 Å². The van der Waals surface area contributed by atoms with Gasteiger partial charge >= 0.3 is 0 Å². The largest absolute Gasteiger partial charge is 0.298 e. The number of anilines is 1. The Kier molecular flexibility index (Phi) is 4.13. The van der Waals surface area contributed by atoms with Gasteiger partial charge in [0.1, 0.15) is 10.7 Å². The number of para-hydroxylation sites is 1. The molecule has 118 valence electrons. The van der Waals surface area contributed by atoms with Gasteiger partial charge in [-0.1, -0.05) is 28.1 Å². The minimum Gasteiger partial charge on any atom is -0.298 e. The summed E-state index contributed by atoms with van der Waals surface area (Å²) >= 11 is 6.35. The lowest BCUT2D eigenvalue weighted by atomic mass is 10.2. The predicted molar refractivity (Wildman–Crippen MR) is 103 cm³/mol. The number of aromatic nitrogens is 2. The summed E-state index contributed by atoms with van der Waals surface area (Å²) in [7, 11) is 0. The second kappa shape index (κ2) is 6.43. The minimum atomic E-state index is -0.173. The van der Waals surface area contributed by atoms with E-state index in [9.17, 15) is 4.79 Å². The summed E-state index contributed by atoms with van der Waals surface area (Å²) in [5.41, 5.74) is 2.34. The smallest absolute Gasteiger partial charge is 0.257 e. The van der Waals surface area contributed by atoms with Crippen LogP contribution in [0, 0.1) is 0 Å². The molecular weight excluding hydrogens is 406 g/mol. The van der Waals surface area contributed by atoms with Crippen molar-refractivity contribution in [1.82, 2.24) is 9.97 Å². The zero-order valence-electron chi connectivity index (χ0n) is 12.2. The van der Waals surface area contributed by atoms with Crippen LogP contribution in [0.5, 0.6) is 0 Å². The highest BCUT2D eigenvalue weighted by atomic mass is 79.9. The fourth-order valence-electron chi connectivity index (χ4n) is 2.18. The summed E-state index contributed by atoms with van der Waals surface area (Å²) < 4.78 is 2.06. The highest BCUT2D eigenvalue weighted by Gasteiger charge is 2.12. The maximum absolute atomic E-state index is 12.2. The van der Waals surface area contributed by atoms with Crippen molar-refractivity contribution < 1.29 is 4.79 Å². The third-order valence-electron chi connectivity index (χ3n) is 3.34. The van der Waals surface area contributed by atoms with Crippen LogP contribution in [0.25, 0.3) is 20.9 Å². The van der Waals surface area contributed by atoms with Crippen LogP contribution in [0.15, 0.2) is 58.4 Å². The average molecular weight is 416 g/mol. The first kappa shape index (κ1) is 15.4. The molecule has 0 unspecified atom stereocenters. The Morgan fingerprint density at radius 3 is 2.62 bits per heavy atom. The first-order valence-corrected chi connectivity index (χ1v) is 9.56. The molecule has 4 nitrogen and oxygen atoms in total. The van der Waals surface area contributed by atoms with Crippen LogP contribution in [-0.2, 0) is 0 Å². The van der Waals surface area contributed by atoms with Gasteiger partial charge in [-0.05, 0) is 36.4 Å². The summed E-state index contributed by atoms with van der Waals surface area (Å²) in [4.78, 5) is 21.3. The number of thiazole rings is 2. The number of carbonyl (C=O) groups is 1. The molecular formula is C17H10BrN3OS2. The van der Waals surface area contributed by atoms with E-state index >= 15 is 0 Å². The van der Waals surface area contributed by atoms with E-state index in [0.717, 1.165) is 25.4 Å². The Bertz CT molecular complexity index is 991. The molecule has 2 heterocycles. The van der Waals surface area contributed by atoms with Gasteiger partial charge in [0, 0.05) is 15.4 Å². The lowest BCUT2D eigenvalue weighted by Gasteiger charge is -2.01. The topological polar surface area (TPSA) is 54.9 Å². The number of hydrogen-bond donors (Lipinski definition) is 1. The third kappa shape index (κ3) is 3.10. The Hall–Kier alpha value is -2.09. The molecule has 2 aromatic carbocycles. The standard InChI is InChI=1S/C17H10BrN3OS2/c18-11-7-5-10(6-8-11)15(22)21-17-20-13(9-23-17)16-19-12-3-1-2-4-14(12)24-16/h1-9H,(H,20,21,22). The maximum Gasteiger partial charge on any atom is 0.257 e. The molecule has 0 fully saturated rings. The van der Waals surface area contributed by atoms with Crippen LogP contribution < -0.4 is 5.32 Å². The molecule has 0 aliphatic heterocycles. The van der Waals surface area contributed by atoms with E-state index in [1.807, 2.05) is 41.8 Å². The van der Waals surface area contributed by atoms with Gasteiger partial charge in [-0.15, -0.1) is 22.7 Å². The van der Waals surface area contributed by atoms with Gasteiger partial charge in [-0.2, -0.15) is 0 Å². The molecule has 24 heavy (non-hydrogen) atoms. The van der Waals surface area contributed by atoms with E-state index in [-0.39, 0.29) is 5.91 Å². The SMILES string of the molecule is O=C(Nc1nc(-c2nc3ccccc3s2)cs1)c1ccc(Br)cc1. The minimum absolute atomic E-state index is 0.173. The van der Waals surface area contributed by atoms with Gasteiger partial charge < -0.3 is 0 Å². The van der Waals surface area contributed by atoms with Crippen LogP contribution in [0.2, 0.25) is 0 Å². The Labute approximate surface area is 154 Å². The van der Waals surface area contributed by atoms with Crippen molar-refractivity contribution in [2.45, 2.75) is 0 Å².